The van der Waals surface area contributed by atoms with E-state index in [1.807, 2.05) is 18.2 Å². The lowest BCUT2D eigenvalue weighted by Crippen LogP contribution is -2.46. The number of anilines is 1. The SMILES string of the molecule is CCCN(C=O)c1ccc(Cl)cc1C1CC(C)NC(/C(N)=C/N(C)N)C1. The second-order valence-electron chi connectivity index (χ2n) is 7.09. The fourth-order valence-corrected chi connectivity index (χ4v) is 3.86. The van der Waals surface area contributed by atoms with Crippen molar-refractivity contribution in [3.05, 3.63) is 40.7 Å². The number of hydrazine groups is 1. The number of piperidine rings is 1. The van der Waals surface area contributed by atoms with E-state index in [4.69, 9.17) is 23.2 Å². The van der Waals surface area contributed by atoms with E-state index in [9.17, 15) is 4.79 Å². The molecule has 1 aromatic rings. The normalized spacial score (nSPS) is 23.6. The van der Waals surface area contributed by atoms with Crippen LogP contribution in [-0.4, -0.2) is 37.1 Å². The average Bonchev–Trinajstić information content (AvgIpc) is 2.58. The lowest BCUT2D eigenvalue weighted by atomic mass is 9.81. The molecule has 1 saturated heterocycles. The summed E-state index contributed by atoms with van der Waals surface area (Å²) in [6.07, 6.45) is 5.31. The Morgan fingerprint density at radius 1 is 1.42 bits per heavy atom. The van der Waals surface area contributed by atoms with Crippen LogP contribution in [0.3, 0.4) is 0 Å². The van der Waals surface area contributed by atoms with Gasteiger partial charge in [0.2, 0.25) is 6.41 Å². The van der Waals surface area contributed by atoms with Gasteiger partial charge in [0.25, 0.3) is 0 Å². The highest BCUT2D eigenvalue weighted by atomic mass is 35.5. The lowest BCUT2D eigenvalue weighted by molar-refractivity contribution is -0.107. The van der Waals surface area contributed by atoms with Crippen molar-refractivity contribution < 1.29 is 4.79 Å². The van der Waals surface area contributed by atoms with Gasteiger partial charge < -0.3 is 21.0 Å². The van der Waals surface area contributed by atoms with Gasteiger partial charge in [-0.3, -0.25) is 4.79 Å². The Bertz CT molecular complexity index is 649. The standard InChI is InChI=1S/C19H30ClN5O/c1-4-7-25(12-26)19-6-5-15(20)10-16(19)14-8-13(2)23-18(9-14)17(21)11-24(3)22/h5-6,10-14,18,23H,4,7-9,21-22H2,1-3H3/b17-11-. The third-order valence-corrected chi connectivity index (χ3v) is 4.96. The van der Waals surface area contributed by atoms with E-state index in [1.165, 1.54) is 5.01 Å². The van der Waals surface area contributed by atoms with E-state index in [1.54, 1.807) is 18.1 Å². The minimum Gasteiger partial charge on any atom is -0.400 e. The molecule has 3 atom stereocenters. The van der Waals surface area contributed by atoms with Gasteiger partial charge in [-0.15, -0.1) is 0 Å². The summed E-state index contributed by atoms with van der Waals surface area (Å²) < 4.78 is 0. The minimum absolute atomic E-state index is 0.0254. The van der Waals surface area contributed by atoms with E-state index in [0.717, 1.165) is 36.9 Å². The van der Waals surface area contributed by atoms with E-state index in [2.05, 4.69) is 19.2 Å². The Labute approximate surface area is 161 Å². The first-order valence-corrected chi connectivity index (χ1v) is 9.45. The molecule has 0 bridgehead atoms. The Hall–Kier alpha value is -1.76. The molecule has 3 unspecified atom stereocenters. The van der Waals surface area contributed by atoms with Gasteiger partial charge in [0, 0.05) is 48.3 Å². The summed E-state index contributed by atoms with van der Waals surface area (Å²) in [5, 5.41) is 5.68. The molecule has 1 amide bonds. The van der Waals surface area contributed by atoms with Crippen LogP contribution in [0, 0.1) is 0 Å². The molecule has 0 aromatic heterocycles. The zero-order valence-electron chi connectivity index (χ0n) is 15.8. The third-order valence-electron chi connectivity index (χ3n) is 4.73. The van der Waals surface area contributed by atoms with E-state index in [-0.39, 0.29) is 18.0 Å². The number of hydrogen-bond donors (Lipinski definition) is 3. The molecular weight excluding hydrogens is 350 g/mol. The fourth-order valence-electron chi connectivity index (χ4n) is 3.68. The largest absolute Gasteiger partial charge is 0.400 e. The maximum atomic E-state index is 11.6. The summed E-state index contributed by atoms with van der Waals surface area (Å²) in [4.78, 5) is 13.4. The van der Waals surface area contributed by atoms with Gasteiger partial charge >= 0.3 is 0 Å². The van der Waals surface area contributed by atoms with Crippen molar-refractivity contribution >= 4 is 23.7 Å². The predicted octanol–water partition coefficient (Wildman–Crippen LogP) is 2.54. The van der Waals surface area contributed by atoms with Crippen LogP contribution in [0.5, 0.6) is 0 Å². The van der Waals surface area contributed by atoms with Gasteiger partial charge in [0.15, 0.2) is 0 Å². The molecule has 1 heterocycles. The van der Waals surface area contributed by atoms with Crippen LogP contribution < -0.4 is 21.8 Å². The lowest BCUT2D eigenvalue weighted by Gasteiger charge is -2.37. The van der Waals surface area contributed by atoms with Crippen LogP contribution in [0.4, 0.5) is 5.69 Å². The maximum absolute atomic E-state index is 11.6. The van der Waals surface area contributed by atoms with Gasteiger partial charge in [-0.25, -0.2) is 5.84 Å². The van der Waals surface area contributed by atoms with Crippen LogP contribution in [0.25, 0.3) is 0 Å². The number of carbonyl (C=O) groups excluding carboxylic acids is 1. The molecule has 26 heavy (non-hydrogen) atoms. The van der Waals surface area contributed by atoms with Crippen LogP contribution in [0.15, 0.2) is 30.1 Å². The van der Waals surface area contributed by atoms with Crippen molar-refractivity contribution in [2.45, 2.75) is 51.1 Å². The summed E-state index contributed by atoms with van der Waals surface area (Å²) in [6.45, 7) is 4.89. The van der Waals surface area contributed by atoms with Gasteiger partial charge in [0.1, 0.15) is 0 Å². The molecule has 1 aliphatic heterocycles. The first-order valence-electron chi connectivity index (χ1n) is 9.07. The summed E-state index contributed by atoms with van der Waals surface area (Å²) in [7, 11) is 1.75. The monoisotopic (exact) mass is 379 g/mol. The average molecular weight is 380 g/mol. The number of amides is 1. The Kier molecular flexibility index (Phi) is 7.32. The predicted molar refractivity (Wildman–Crippen MR) is 108 cm³/mol. The molecule has 7 heteroatoms. The first kappa shape index (κ1) is 20.6. The number of nitrogens with one attached hydrogen (secondary N) is 1. The Balaban J connectivity index is 2.36. The quantitative estimate of drug-likeness (QED) is 0.385. The topological polar surface area (TPSA) is 87.6 Å². The molecule has 5 N–H and O–H groups in total. The first-order chi connectivity index (χ1) is 12.3. The molecule has 144 valence electrons. The number of halogens is 1. The number of nitrogens with zero attached hydrogens (tertiary/aromatic N) is 2. The van der Waals surface area contributed by atoms with Crippen LogP contribution in [-0.2, 0) is 4.79 Å². The van der Waals surface area contributed by atoms with Crippen LogP contribution >= 0.6 is 11.6 Å². The molecule has 2 rings (SSSR count). The second-order valence-corrected chi connectivity index (χ2v) is 7.52. The summed E-state index contributed by atoms with van der Waals surface area (Å²) >= 11 is 6.28. The van der Waals surface area contributed by atoms with Crippen molar-refractivity contribution in [3.63, 3.8) is 0 Å². The van der Waals surface area contributed by atoms with Crippen LogP contribution in [0.1, 0.15) is 44.6 Å². The van der Waals surface area contributed by atoms with E-state index < -0.39 is 0 Å². The van der Waals surface area contributed by atoms with Crippen molar-refractivity contribution in [2.75, 3.05) is 18.5 Å². The fraction of sp³-hybridized carbons (Fsp3) is 0.526. The summed E-state index contributed by atoms with van der Waals surface area (Å²) in [6, 6.07) is 6.08. The molecule has 0 radical (unpaired) electrons. The Morgan fingerprint density at radius 3 is 2.77 bits per heavy atom. The van der Waals surface area contributed by atoms with Crippen molar-refractivity contribution in [1.82, 2.24) is 10.3 Å². The number of rotatable bonds is 7. The molecular formula is C19H30ClN5O. The maximum Gasteiger partial charge on any atom is 0.214 e. The minimum atomic E-state index is 0.0254. The number of nitrogens with two attached hydrogens (primary N) is 2. The molecule has 0 spiro atoms. The van der Waals surface area contributed by atoms with Gasteiger partial charge in [0.05, 0.1) is 0 Å². The van der Waals surface area contributed by atoms with Gasteiger partial charge in [-0.2, -0.15) is 0 Å². The second kappa shape index (κ2) is 9.26. The Morgan fingerprint density at radius 2 is 2.15 bits per heavy atom. The highest BCUT2D eigenvalue weighted by Crippen LogP contribution is 2.38. The van der Waals surface area contributed by atoms with Crippen LogP contribution in [0.2, 0.25) is 5.02 Å². The summed E-state index contributed by atoms with van der Waals surface area (Å²) in [5.41, 5.74) is 8.98. The van der Waals surface area contributed by atoms with Crippen molar-refractivity contribution in [1.29, 1.82) is 0 Å². The third kappa shape index (κ3) is 5.13. The number of carbonyl (C=O) groups is 1. The van der Waals surface area contributed by atoms with Crippen molar-refractivity contribution in [2.24, 2.45) is 11.6 Å². The van der Waals surface area contributed by atoms with Gasteiger partial charge in [-0.1, -0.05) is 18.5 Å². The zero-order chi connectivity index (χ0) is 19.3. The molecule has 0 aliphatic carbocycles. The van der Waals surface area contributed by atoms with Crippen molar-refractivity contribution in [3.8, 4) is 0 Å². The smallest absolute Gasteiger partial charge is 0.214 e. The highest BCUT2D eigenvalue weighted by Gasteiger charge is 2.30. The number of hydrogen-bond acceptors (Lipinski definition) is 5. The van der Waals surface area contributed by atoms with E-state index >= 15 is 0 Å². The highest BCUT2D eigenvalue weighted by molar-refractivity contribution is 6.30. The molecule has 1 fully saturated rings. The molecule has 0 saturated carbocycles. The zero-order valence-corrected chi connectivity index (χ0v) is 16.5. The van der Waals surface area contributed by atoms with Gasteiger partial charge in [-0.05, 0) is 55.9 Å². The summed E-state index contributed by atoms with van der Waals surface area (Å²) in [5.74, 6) is 5.95. The van der Waals surface area contributed by atoms with E-state index in [0.29, 0.717) is 17.3 Å². The molecule has 1 aliphatic rings. The molecule has 1 aromatic carbocycles. The molecule has 6 nitrogen and oxygen atoms in total. The number of benzene rings is 1.